The van der Waals surface area contributed by atoms with Crippen molar-refractivity contribution in [1.29, 1.82) is 0 Å². The maximum Gasteiger partial charge on any atom is 0.323 e. The first kappa shape index (κ1) is 24.5. The topological polar surface area (TPSA) is 85.0 Å². The largest absolute Gasteiger partial charge is 0.497 e. The summed E-state index contributed by atoms with van der Waals surface area (Å²) in [6.07, 6.45) is 1.92. The zero-order valence-electron chi connectivity index (χ0n) is 21.0. The fourth-order valence-corrected chi connectivity index (χ4v) is 4.51. The van der Waals surface area contributed by atoms with Gasteiger partial charge in [0.25, 0.3) is 0 Å². The quantitative estimate of drug-likeness (QED) is 0.355. The Morgan fingerprint density at radius 2 is 1.70 bits per heavy atom. The summed E-state index contributed by atoms with van der Waals surface area (Å²) in [6, 6.07) is 21.0. The number of ether oxygens (including phenoxy) is 3. The number of hydrogen-bond acceptors (Lipinski definition) is 6. The van der Waals surface area contributed by atoms with Crippen LogP contribution in [0, 0.1) is 0 Å². The number of fused-ring (bicyclic) bond motifs is 1. The Labute approximate surface area is 216 Å². The summed E-state index contributed by atoms with van der Waals surface area (Å²) >= 11 is 0. The van der Waals surface area contributed by atoms with Crippen LogP contribution in [-0.2, 0) is 11.3 Å². The second kappa shape index (κ2) is 11.3. The number of pyridine rings is 1. The molecular formula is C29H30N4O4. The summed E-state index contributed by atoms with van der Waals surface area (Å²) < 4.78 is 16.1. The first-order valence-corrected chi connectivity index (χ1v) is 12.2. The van der Waals surface area contributed by atoms with Crippen LogP contribution >= 0.6 is 0 Å². The number of hydrogen-bond donors (Lipinski definition) is 2. The number of methoxy groups -OCH3 is 2. The van der Waals surface area contributed by atoms with Crippen molar-refractivity contribution in [3.8, 4) is 22.6 Å². The first-order valence-electron chi connectivity index (χ1n) is 12.2. The van der Waals surface area contributed by atoms with Crippen molar-refractivity contribution in [2.45, 2.75) is 6.54 Å². The number of amides is 2. The lowest BCUT2D eigenvalue weighted by Crippen LogP contribution is -2.35. The third-order valence-electron chi connectivity index (χ3n) is 6.45. The monoisotopic (exact) mass is 498 g/mol. The van der Waals surface area contributed by atoms with Crippen molar-refractivity contribution in [2.24, 2.45) is 0 Å². The SMILES string of the molecule is COc1ccc(OC)c(NC(=O)Nc2ccc(-c3ccc(CN4CCOCC4)nc3)c3ccccc23)c1. The molecule has 0 spiro atoms. The molecule has 0 saturated carbocycles. The van der Waals surface area contributed by atoms with Gasteiger partial charge in [-0.05, 0) is 35.2 Å². The molecule has 1 fully saturated rings. The Bertz CT molecular complexity index is 1380. The lowest BCUT2D eigenvalue weighted by Gasteiger charge is -2.26. The number of anilines is 2. The van der Waals surface area contributed by atoms with Gasteiger partial charge in [-0.3, -0.25) is 9.88 Å². The van der Waals surface area contributed by atoms with Gasteiger partial charge in [-0.2, -0.15) is 0 Å². The summed E-state index contributed by atoms with van der Waals surface area (Å²) in [7, 11) is 3.13. The van der Waals surface area contributed by atoms with Crippen molar-refractivity contribution in [1.82, 2.24) is 9.88 Å². The second-order valence-electron chi connectivity index (χ2n) is 8.78. The van der Waals surface area contributed by atoms with Gasteiger partial charge in [-0.1, -0.05) is 36.4 Å². The van der Waals surface area contributed by atoms with E-state index in [-0.39, 0.29) is 6.03 Å². The summed E-state index contributed by atoms with van der Waals surface area (Å²) in [5.74, 6) is 1.16. The summed E-state index contributed by atoms with van der Waals surface area (Å²) in [5, 5.41) is 7.80. The van der Waals surface area contributed by atoms with Crippen LogP contribution in [-0.4, -0.2) is 56.4 Å². The Morgan fingerprint density at radius 3 is 2.43 bits per heavy atom. The molecule has 1 saturated heterocycles. The number of aromatic nitrogens is 1. The van der Waals surface area contributed by atoms with Crippen LogP contribution < -0.4 is 20.1 Å². The average molecular weight is 499 g/mol. The summed E-state index contributed by atoms with van der Waals surface area (Å²) in [6.45, 7) is 4.23. The number of nitrogens with zero attached hydrogens (tertiary/aromatic N) is 2. The lowest BCUT2D eigenvalue weighted by molar-refractivity contribution is 0.0336. The molecule has 2 N–H and O–H groups in total. The number of urea groups is 1. The van der Waals surface area contributed by atoms with E-state index in [1.165, 1.54) is 0 Å². The van der Waals surface area contributed by atoms with Gasteiger partial charge < -0.3 is 24.8 Å². The van der Waals surface area contributed by atoms with Crippen molar-refractivity contribution in [3.63, 3.8) is 0 Å². The van der Waals surface area contributed by atoms with E-state index in [1.54, 1.807) is 32.4 Å². The molecule has 37 heavy (non-hydrogen) atoms. The fraction of sp³-hybridized carbons (Fsp3) is 0.241. The molecule has 3 aromatic carbocycles. The van der Waals surface area contributed by atoms with E-state index in [4.69, 9.17) is 19.2 Å². The second-order valence-corrected chi connectivity index (χ2v) is 8.78. The zero-order chi connectivity index (χ0) is 25.6. The Kier molecular flexibility index (Phi) is 7.49. The molecule has 4 aromatic rings. The standard InChI is InChI=1S/C29H30N4O4/c1-35-22-9-12-28(36-2)27(17-22)32-29(34)31-26-11-10-23(24-5-3-4-6-25(24)26)20-7-8-21(30-18-20)19-33-13-15-37-16-14-33/h3-12,17-18H,13-16,19H2,1-2H3,(H2,31,32,34). The number of nitrogens with one attached hydrogen (secondary N) is 2. The minimum Gasteiger partial charge on any atom is -0.497 e. The third kappa shape index (κ3) is 5.66. The van der Waals surface area contributed by atoms with Gasteiger partial charge in [-0.25, -0.2) is 4.79 Å². The van der Waals surface area contributed by atoms with E-state index in [0.717, 1.165) is 60.4 Å². The van der Waals surface area contributed by atoms with E-state index < -0.39 is 0 Å². The van der Waals surface area contributed by atoms with E-state index in [9.17, 15) is 4.79 Å². The predicted octanol–water partition coefficient (Wildman–Crippen LogP) is 5.40. The smallest absolute Gasteiger partial charge is 0.323 e. The van der Waals surface area contributed by atoms with Crippen LogP contribution in [0.1, 0.15) is 5.69 Å². The molecule has 0 radical (unpaired) electrons. The van der Waals surface area contributed by atoms with Gasteiger partial charge >= 0.3 is 6.03 Å². The first-order chi connectivity index (χ1) is 18.1. The summed E-state index contributed by atoms with van der Waals surface area (Å²) in [5.41, 5.74) is 4.34. The van der Waals surface area contributed by atoms with Gasteiger partial charge in [0.2, 0.25) is 0 Å². The Morgan fingerprint density at radius 1 is 0.919 bits per heavy atom. The van der Waals surface area contributed by atoms with Crippen LogP contribution in [0.25, 0.3) is 21.9 Å². The highest BCUT2D eigenvalue weighted by molar-refractivity contribution is 6.10. The lowest BCUT2D eigenvalue weighted by atomic mass is 9.98. The van der Waals surface area contributed by atoms with Crippen LogP contribution in [0.15, 0.2) is 72.9 Å². The molecule has 8 nitrogen and oxygen atoms in total. The summed E-state index contributed by atoms with van der Waals surface area (Å²) in [4.78, 5) is 20.0. The number of morpholine rings is 1. The maximum atomic E-state index is 12.9. The van der Waals surface area contributed by atoms with Crippen molar-refractivity contribution >= 4 is 28.2 Å². The fourth-order valence-electron chi connectivity index (χ4n) is 4.51. The molecule has 0 aliphatic carbocycles. The molecule has 1 aliphatic heterocycles. The van der Waals surface area contributed by atoms with Crippen LogP contribution in [0.5, 0.6) is 11.5 Å². The van der Waals surface area contributed by atoms with Gasteiger partial charge in [0.1, 0.15) is 11.5 Å². The molecular weight excluding hydrogens is 468 g/mol. The zero-order valence-corrected chi connectivity index (χ0v) is 21.0. The highest BCUT2D eigenvalue weighted by atomic mass is 16.5. The van der Waals surface area contributed by atoms with Gasteiger partial charge in [-0.15, -0.1) is 0 Å². The van der Waals surface area contributed by atoms with Crippen LogP contribution in [0.3, 0.4) is 0 Å². The van der Waals surface area contributed by atoms with Crippen molar-refractivity contribution in [3.05, 3.63) is 78.6 Å². The van der Waals surface area contributed by atoms with E-state index in [0.29, 0.717) is 22.9 Å². The van der Waals surface area contributed by atoms with Gasteiger partial charge in [0.15, 0.2) is 0 Å². The Balaban J connectivity index is 1.36. The number of rotatable bonds is 7. The Hall–Kier alpha value is -4.14. The van der Waals surface area contributed by atoms with Crippen molar-refractivity contribution < 1.29 is 19.0 Å². The molecule has 8 heteroatoms. The molecule has 0 atom stereocenters. The molecule has 190 valence electrons. The molecule has 5 rings (SSSR count). The number of benzene rings is 3. The normalized spacial score (nSPS) is 13.8. The molecule has 1 aliphatic rings. The third-order valence-corrected chi connectivity index (χ3v) is 6.45. The molecule has 2 heterocycles. The highest BCUT2D eigenvalue weighted by Gasteiger charge is 2.14. The van der Waals surface area contributed by atoms with E-state index in [1.807, 2.05) is 36.5 Å². The predicted molar refractivity (Wildman–Crippen MR) is 145 cm³/mol. The van der Waals surface area contributed by atoms with E-state index in [2.05, 4.69) is 33.7 Å². The molecule has 2 amide bonds. The van der Waals surface area contributed by atoms with E-state index >= 15 is 0 Å². The maximum absolute atomic E-state index is 12.9. The molecule has 0 bridgehead atoms. The van der Waals surface area contributed by atoms with Crippen LogP contribution in [0.2, 0.25) is 0 Å². The molecule has 1 aromatic heterocycles. The van der Waals surface area contributed by atoms with Crippen LogP contribution in [0.4, 0.5) is 16.2 Å². The highest BCUT2D eigenvalue weighted by Crippen LogP contribution is 2.34. The number of carbonyl (C=O) groups excluding carboxylic acids is 1. The van der Waals surface area contributed by atoms with Gasteiger partial charge in [0, 0.05) is 42.8 Å². The minimum atomic E-state index is -0.376. The minimum absolute atomic E-state index is 0.376. The average Bonchev–Trinajstić information content (AvgIpc) is 2.94. The van der Waals surface area contributed by atoms with Crippen molar-refractivity contribution in [2.75, 3.05) is 51.2 Å². The van der Waals surface area contributed by atoms with Gasteiger partial charge in [0.05, 0.1) is 44.5 Å². The number of carbonyl (C=O) groups is 1. The molecule has 0 unspecified atom stereocenters.